The first-order valence-electron chi connectivity index (χ1n) is 9.68. The molecular formula is C22H23N7O. The van der Waals surface area contributed by atoms with Crippen molar-refractivity contribution in [3.63, 3.8) is 0 Å². The molecule has 0 aliphatic carbocycles. The molecule has 0 amide bonds. The van der Waals surface area contributed by atoms with Crippen LogP contribution in [-0.4, -0.2) is 57.2 Å². The number of nitrogens with zero attached hydrogens (tertiary/aromatic N) is 6. The van der Waals surface area contributed by atoms with Crippen LogP contribution in [0.3, 0.4) is 0 Å². The van der Waals surface area contributed by atoms with Crippen molar-refractivity contribution in [2.24, 2.45) is 0 Å². The van der Waals surface area contributed by atoms with E-state index < -0.39 is 0 Å². The number of anilines is 1. The fourth-order valence-electron chi connectivity index (χ4n) is 2.90. The topological polar surface area (TPSA) is 92.9 Å². The first-order valence-corrected chi connectivity index (χ1v) is 9.68. The number of rotatable bonds is 7. The van der Waals surface area contributed by atoms with Crippen molar-refractivity contribution in [2.75, 3.05) is 32.5 Å². The second-order valence-corrected chi connectivity index (χ2v) is 7.13. The number of hydrogen-bond donors (Lipinski definition) is 1. The Hall–Kier alpha value is -3.65. The molecular weight excluding hydrogens is 378 g/mol. The van der Waals surface area contributed by atoms with Crippen LogP contribution in [-0.2, 0) is 0 Å². The maximum atomic E-state index is 5.87. The zero-order valence-electron chi connectivity index (χ0n) is 17.2. The Balaban J connectivity index is 1.61. The molecule has 0 atom stereocenters. The van der Waals surface area contributed by atoms with E-state index in [9.17, 15) is 0 Å². The average Bonchev–Trinajstić information content (AvgIpc) is 3.25. The lowest BCUT2D eigenvalue weighted by Gasteiger charge is -2.11. The van der Waals surface area contributed by atoms with E-state index in [1.165, 1.54) is 0 Å². The fraction of sp³-hybridized carbons (Fsp3) is 0.227. The third kappa shape index (κ3) is 4.49. The highest BCUT2D eigenvalue weighted by atomic mass is 16.4. The van der Waals surface area contributed by atoms with Gasteiger partial charge in [-0.15, -0.1) is 10.2 Å². The smallest absolute Gasteiger partial charge is 0.268 e. The molecule has 0 spiro atoms. The maximum absolute atomic E-state index is 5.87. The first kappa shape index (κ1) is 19.7. The molecule has 4 rings (SSSR count). The number of nitrogens with one attached hydrogen (secondary N) is 1. The molecule has 0 saturated heterocycles. The van der Waals surface area contributed by atoms with Crippen LogP contribution >= 0.6 is 0 Å². The monoisotopic (exact) mass is 401 g/mol. The van der Waals surface area contributed by atoms with Gasteiger partial charge < -0.3 is 14.6 Å². The molecule has 0 radical (unpaired) electrons. The van der Waals surface area contributed by atoms with Crippen molar-refractivity contribution in [2.45, 2.75) is 6.92 Å². The second kappa shape index (κ2) is 8.79. The SMILES string of the molecule is Cc1ncc(-c2ccnc(NCCN(C)C)c2)nc1-c1nnc(-c2ccccc2)o1. The Morgan fingerprint density at radius 3 is 2.57 bits per heavy atom. The third-order valence-electron chi connectivity index (χ3n) is 4.52. The maximum Gasteiger partial charge on any atom is 0.268 e. The molecule has 0 fully saturated rings. The van der Waals surface area contributed by atoms with Crippen molar-refractivity contribution >= 4 is 5.82 Å². The summed E-state index contributed by atoms with van der Waals surface area (Å²) in [5.41, 5.74) is 3.78. The van der Waals surface area contributed by atoms with Gasteiger partial charge in [0.25, 0.3) is 5.89 Å². The molecule has 0 aliphatic heterocycles. The van der Waals surface area contributed by atoms with Gasteiger partial charge in [0.15, 0.2) is 0 Å². The van der Waals surface area contributed by atoms with E-state index in [2.05, 4.69) is 30.4 Å². The number of pyridine rings is 1. The first-order chi connectivity index (χ1) is 14.6. The van der Waals surface area contributed by atoms with E-state index in [0.29, 0.717) is 23.2 Å². The average molecular weight is 401 g/mol. The highest BCUT2D eigenvalue weighted by Gasteiger charge is 2.16. The minimum absolute atomic E-state index is 0.346. The van der Waals surface area contributed by atoms with E-state index in [4.69, 9.17) is 9.40 Å². The molecule has 0 bridgehead atoms. The lowest BCUT2D eigenvalue weighted by Crippen LogP contribution is -2.21. The van der Waals surface area contributed by atoms with Crippen molar-refractivity contribution in [1.82, 2.24) is 30.0 Å². The highest BCUT2D eigenvalue weighted by molar-refractivity contribution is 5.65. The van der Waals surface area contributed by atoms with Crippen LogP contribution in [0.1, 0.15) is 5.69 Å². The number of aryl methyl sites for hydroxylation is 1. The molecule has 0 saturated carbocycles. The fourth-order valence-corrected chi connectivity index (χ4v) is 2.90. The van der Waals surface area contributed by atoms with Crippen LogP contribution in [0.15, 0.2) is 59.3 Å². The molecule has 3 heterocycles. The molecule has 0 unspecified atom stereocenters. The minimum atomic E-state index is 0.346. The van der Waals surface area contributed by atoms with E-state index in [-0.39, 0.29) is 0 Å². The molecule has 8 heteroatoms. The standard InChI is InChI=1S/C22H23N7O/c1-15-20(22-28-27-21(30-22)16-7-5-4-6-8-16)26-18(14-25-15)17-9-10-23-19(13-17)24-11-12-29(2)3/h4-10,13-14H,11-12H2,1-3H3,(H,23,24). The van der Waals surface area contributed by atoms with Gasteiger partial charge in [0.05, 0.1) is 17.6 Å². The van der Waals surface area contributed by atoms with Gasteiger partial charge in [-0.05, 0) is 45.3 Å². The summed E-state index contributed by atoms with van der Waals surface area (Å²) in [6.07, 6.45) is 3.50. The predicted molar refractivity (Wildman–Crippen MR) is 116 cm³/mol. The van der Waals surface area contributed by atoms with Gasteiger partial charge in [-0.1, -0.05) is 18.2 Å². The molecule has 30 heavy (non-hydrogen) atoms. The predicted octanol–water partition coefficient (Wildman–Crippen LogP) is 3.54. The van der Waals surface area contributed by atoms with E-state index in [1.54, 1.807) is 12.4 Å². The summed E-state index contributed by atoms with van der Waals surface area (Å²) in [4.78, 5) is 15.7. The van der Waals surface area contributed by atoms with E-state index in [0.717, 1.165) is 35.7 Å². The van der Waals surface area contributed by atoms with Crippen molar-refractivity contribution in [3.05, 3.63) is 60.6 Å². The molecule has 152 valence electrons. The van der Waals surface area contributed by atoms with Crippen LogP contribution in [0.5, 0.6) is 0 Å². The van der Waals surface area contributed by atoms with Gasteiger partial charge in [0.1, 0.15) is 11.5 Å². The van der Waals surface area contributed by atoms with Crippen molar-refractivity contribution in [3.8, 4) is 34.3 Å². The Labute approximate surface area is 175 Å². The molecule has 1 aromatic carbocycles. The zero-order chi connectivity index (χ0) is 20.9. The van der Waals surface area contributed by atoms with Crippen LogP contribution in [0, 0.1) is 6.92 Å². The largest absolute Gasteiger partial charge is 0.415 e. The Morgan fingerprint density at radius 1 is 0.967 bits per heavy atom. The second-order valence-electron chi connectivity index (χ2n) is 7.13. The summed E-state index contributed by atoms with van der Waals surface area (Å²) < 4.78 is 5.87. The lowest BCUT2D eigenvalue weighted by molar-refractivity contribution is 0.425. The summed E-state index contributed by atoms with van der Waals surface area (Å²) in [7, 11) is 4.07. The Bertz CT molecular complexity index is 1130. The molecule has 4 aromatic rings. The lowest BCUT2D eigenvalue weighted by atomic mass is 10.2. The zero-order valence-corrected chi connectivity index (χ0v) is 17.2. The summed E-state index contributed by atoms with van der Waals surface area (Å²) in [5.74, 6) is 1.59. The van der Waals surface area contributed by atoms with Gasteiger partial charge in [0, 0.05) is 30.4 Å². The minimum Gasteiger partial charge on any atom is -0.415 e. The molecule has 8 nitrogen and oxygen atoms in total. The van der Waals surface area contributed by atoms with Gasteiger partial charge in [0.2, 0.25) is 5.89 Å². The third-order valence-corrected chi connectivity index (χ3v) is 4.52. The van der Waals surface area contributed by atoms with Crippen LogP contribution in [0.2, 0.25) is 0 Å². The summed E-state index contributed by atoms with van der Waals surface area (Å²) in [5, 5.41) is 11.7. The van der Waals surface area contributed by atoms with Crippen molar-refractivity contribution < 1.29 is 4.42 Å². The Kier molecular flexibility index (Phi) is 5.76. The van der Waals surface area contributed by atoms with Crippen LogP contribution < -0.4 is 5.32 Å². The highest BCUT2D eigenvalue weighted by Crippen LogP contribution is 2.27. The van der Waals surface area contributed by atoms with E-state index in [1.807, 2.05) is 63.5 Å². The number of benzene rings is 1. The summed E-state index contributed by atoms with van der Waals surface area (Å²) >= 11 is 0. The molecule has 0 aliphatic rings. The molecule has 3 aromatic heterocycles. The quantitative estimate of drug-likeness (QED) is 0.503. The number of aromatic nitrogens is 5. The molecule has 1 N–H and O–H groups in total. The number of hydrogen-bond acceptors (Lipinski definition) is 8. The summed E-state index contributed by atoms with van der Waals surface area (Å²) in [6.45, 7) is 3.60. The van der Waals surface area contributed by atoms with Gasteiger partial charge >= 0.3 is 0 Å². The van der Waals surface area contributed by atoms with Crippen LogP contribution in [0.25, 0.3) is 34.3 Å². The summed E-state index contributed by atoms with van der Waals surface area (Å²) in [6, 6.07) is 13.5. The van der Waals surface area contributed by atoms with Gasteiger partial charge in [-0.2, -0.15) is 0 Å². The Morgan fingerprint density at radius 2 is 1.77 bits per heavy atom. The van der Waals surface area contributed by atoms with Crippen LogP contribution in [0.4, 0.5) is 5.82 Å². The van der Waals surface area contributed by atoms with E-state index >= 15 is 0 Å². The normalized spacial score (nSPS) is 11.1. The van der Waals surface area contributed by atoms with Gasteiger partial charge in [-0.25, -0.2) is 9.97 Å². The number of likely N-dealkylation sites (N-methyl/N-ethyl adjacent to an activating group) is 1. The van der Waals surface area contributed by atoms with Gasteiger partial charge in [-0.3, -0.25) is 4.98 Å². The van der Waals surface area contributed by atoms with Crippen molar-refractivity contribution in [1.29, 1.82) is 0 Å².